The van der Waals surface area contributed by atoms with E-state index in [1.54, 1.807) is 24.3 Å². The first-order valence-electron chi connectivity index (χ1n) is 8.46. The van der Waals surface area contributed by atoms with Crippen molar-refractivity contribution in [1.29, 1.82) is 0 Å². The number of amides is 1. The van der Waals surface area contributed by atoms with Crippen LogP contribution in [0, 0.1) is 0 Å². The molecule has 140 valence electrons. The molecule has 0 radical (unpaired) electrons. The quantitative estimate of drug-likeness (QED) is 0.487. The van der Waals surface area contributed by atoms with Crippen LogP contribution >= 0.6 is 34.7 Å². The summed E-state index contributed by atoms with van der Waals surface area (Å²) in [5.74, 6) is -0.109. The second-order valence-electron chi connectivity index (χ2n) is 5.81. The molecule has 2 aromatic carbocycles. The molecule has 0 saturated carbocycles. The highest BCUT2D eigenvalue weighted by atomic mass is 35.5. The highest BCUT2D eigenvalue weighted by Crippen LogP contribution is 2.31. The first-order chi connectivity index (χ1) is 13.0. The van der Waals surface area contributed by atoms with E-state index in [1.165, 1.54) is 28.7 Å². The number of hydrogen-bond donors (Lipinski definition) is 2. The van der Waals surface area contributed by atoms with E-state index in [-0.39, 0.29) is 11.2 Å². The van der Waals surface area contributed by atoms with Crippen molar-refractivity contribution < 1.29 is 4.79 Å². The SMILES string of the molecule is CCc1ccc(Nc2nnc(S[C@@H](C)C(=O)Nc3cccc(Cl)c3)s2)cc1. The summed E-state index contributed by atoms with van der Waals surface area (Å²) in [7, 11) is 0. The van der Waals surface area contributed by atoms with E-state index < -0.39 is 0 Å². The molecule has 8 heteroatoms. The van der Waals surface area contributed by atoms with Crippen LogP contribution in [0.1, 0.15) is 19.4 Å². The van der Waals surface area contributed by atoms with Gasteiger partial charge in [-0.25, -0.2) is 0 Å². The average Bonchev–Trinajstić information content (AvgIpc) is 3.09. The molecule has 2 N–H and O–H groups in total. The minimum Gasteiger partial charge on any atom is -0.330 e. The Labute approximate surface area is 171 Å². The summed E-state index contributed by atoms with van der Waals surface area (Å²) in [4.78, 5) is 12.4. The lowest BCUT2D eigenvalue weighted by atomic mass is 10.1. The van der Waals surface area contributed by atoms with Gasteiger partial charge in [-0.3, -0.25) is 4.79 Å². The lowest BCUT2D eigenvalue weighted by molar-refractivity contribution is -0.115. The third-order valence-corrected chi connectivity index (χ3v) is 6.02. The molecule has 0 unspecified atom stereocenters. The van der Waals surface area contributed by atoms with Crippen molar-refractivity contribution in [3.05, 3.63) is 59.1 Å². The van der Waals surface area contributed by atoms with Crippen LogP contribution in [0.2, 0.25) is 5.02 Å². The van der Waals surface area contributed by atoms with Crippen LogP contribution in [-0.4, -0.2) is 21.4 Å². The smallest absolute Gasteiger partial charge is 0.237 e. The lowest BCUT2D eigenvalue weighted by Gasteiger charge is -2.10. The van der Waals surface area contributed by atoms with Gasteiger partial charge in [0.05, 0.1) is 5.25 Å². The Balaban J connectivity index is 1.56. The summed E-state index contributed by atoms with van der Waals surface area (Å²) in [5.41, 5.74) is 2.93. The van der Waals surface area contributed by atoms with E-state index in [2.05, 4.69) is 39.9 Å². The van der Waals surface area contributed by atoms with Crippen LogP contribution in [0.4, 0.5) is 16.5 Å². The van der Waals surface area contributed by atoms with E-state index in [9.17, 15) is 4.79 Å². The van der Waals surface area contributed by atoms with Gasteiger partial charge in [-0.05, 0) is 49.2 Å². The van der Waals surface area contributed by atoms with Crippen LogP contribution in [-0.2, 0) is 11.2 Å². The fourth-order valence-electron chi connectivity index (χ4n) is 2.27. The molecule has 0 aliphatic rings. The summed E-state index contributed by atoms with van der Waals surface area (Å²) in [6.07, 6.45) is 1.01. The number of hydrogen-bond acceptors (Lipinski definition) is 6. The highest BCUT2D eigenvalue weighted by molar-refractivity contribution is 8.02. The fourth-order valence-corrected chi connectivity index (χ4v) is 4.38. The van der Waals surface area contributed by atoms with Gasteiger partial charge < -0.3 is 10.6 Å². The number of anilines is 3. The molecule has 0 saturated heterocycles. The number of aryl methyl sites for hydroxylation is 1. The van der Waals surface area contributed by atoms with Crippen molar-refractivity contribution in [2.75, 3.05) is 10.6 Å². The standard InChI is InChI=1S/C19H19ClN4OS2/c1-3-13-7-9-15(10-8-13)22-18-23-24-19(27-18)26-12(2)17(25)21-16-6-4-5-14(20)11-16/h4-12H,3H2,1-2H3,(H,21,25)(H,22,23)/t12-/m0/s1. The Hall–Kier alpha value is -2.09. The predicted molar refractivity (Wildman–Crippen MR) is 114 cm³/mol. The Bertz CT molecular complexity index is 914. The summed E-state index contributed by atoms with van der Waals surface area (Å²) < 4.78 is 0.733. The van der Waals surface area contributed by atoms with E-state index in [1.807, 2.05) is 19.1 Å². The van der Waals surface area contributed by atoms with Crippen molar-refractivity contribution in [1.82, 2.24) is 10.2 Å². The normalized spacial score (nSPS) is 11.8. The molecule has 3 aromatic rings. The average molecular weight is 419 g/mol. The molecule has 3 rings (SSSR count). The molecule has 1 aromatic heterocycles. The van der Waals surface area contributed by atoms with Gasteiger partial charge in [0.15, 0.2) is 4.34 Å². The number of aromatic nitrogens is 2. The first-order valence-corrected chi connectivity index (χ1v) is 10.5. The molecule has 5 nitrogen and oxygen atoms in total. The van der Waals surface area contributed by atoms with Gasteiger partial charge in [0.2, 0.25) is 11.0 Å². The summed E-state index contributed by atoms with van der Waals surface area (Å²) in [6, 6.07) is 15.3. The Morgan fingerprint density at radius 3 is 2.67 bits per heavy atom. The molecule has 0 fully saturated rings. The molecule has 1 heterocycles. The molecule has 1 atom stereocenters. The number of nitrogens with one attached hydrogen (secondary N) is 2. The molecule has 0 aliphatic heterocycles. The molecule has 0 bridgehead atoms. The zero-order valence-corrected chi connectivity index (χ0v) is 17.3. The van der Waals surface area contributed by atoms with E-state index in [4.69, 9.17) is 11.6 Å². The minimum absolute atomic E-state index is 0.109. The molecule has 0 spiro atoms. The van der Waals surface area contributed by atoms with Gasteiger partial charge in [0.25, 0.3) is 0 Å². The van der Waals surface area contributed by atoms with Gasteiger partial charge in [-0.1, -0.05) is 59.8 Å². The number of halogens is 1. The number of nitrogens with zero attached hydrogens (tertiary/aromatic N) is 2. The Morgan fingerprint density at radius 1 is 1.19 bits per heavy atom. The number of carbonyl (C=O) groups is 1. The van der Waals surface area contributed by atoms with Crippen molar-refractivity contribution in [2.24, 2.45) is 0 Å². The van der Waals surface area contributed by atoms with Crippen molar-refractivity contribution in [3.8, 4) is 0 Å². The van der Waals surface area contributed by atoms with Crippen LogP contribution in [0.15, 0.2) is 52.9 Å². The maximum Gasteiger partial charge on any atom is 0.237 e. The van der Waals surface area contributed by atoms with Crippen LogP contribution in [0.5, 0.6) is 0 Å². The summed E-state index contributed by atoms with van der Waals surface area (Å²) in [6.45, 7) is 3.96. The first kappa shape index (κ1) is 19.7. The number of carbonyl (C=O) groups excluding carboxylic acids is 1. The Kier molecular flexibility index (Phi) is 6.71. The number of thioether (sulfide) groups is 1. The minimum atomic E-state index is -0.311. The second-order valence-corrected chi connectivity index (χ2v) is 8.81. The van der Waals surface area contributed by atoms with Crippen molar-refractivity contribution in [3.63, 3.8) is 0 Å². The molecular formula is C19H19ClN4OS2. The number of rotatable bonds is 7. The van der Waals surface area contributed by atoms with Crippen LogP contribution in [0.3, 0.4) is 0 Å². The topological polar surface area (TPSA) is 66.9 Å². The number of benzene rings is 2. The third kappa shape index (κ3) is 5.69. The van der Waals surface area contributed by atoms with Gasteiger partial charge in [-0.2, -0.15) is 0 Å². The summed E-state index contributed by atoms with van der Waals surface area (Å²) in [5, 5.41) is 15.4. The van der Waals surface area contributed by atoms with E-state index in [0.29, 0.717) is 15.8 Å². The zero-order valence-electron chi connectivity index (χ0n) is 14.9. The van der Waals surface area contributed by atoms with Gasteiger partial charge in [0, 0.05) is 16.4 Å². The maximum atomic E-state index is 12.4. The lowest BCUT2D eigenvalue weighted by Crippen LogP contribution is -2.22. The molecule has 1 amide bonds. The fraction of sp³-hybridized carbons (Fsp3) is 0.211. The zero-order chi connectivity index (χ0) is 19.2. The van der Waals surface area contributed by atoms with Gasteiger partial charge in [-0.15, -0.1) is 10.2 Å². The van der Waals surface area contributed by atoms with Gasteiger partial charge in [0.1, 0.15) is 0 Å². The largest absolute Gasteiger partial charge is 0.330 e. The highest BCUT2D eigenvalue weighted by Gasteiger charge is 2.17. The van der Waals surface area contributed by atoms with Crippen molar-refractivity contribution in [2.45, 2.75) is 29.9 Å². The van der Waals surface area contributed by atoms with Crippen LogP contribution < -0.4 is 10.6 Å². The monoisotopic (exact) mass is 418 g/mol. The second kappa shape index (κ2) is 9.21. The van der Waals surface area contributed by atoms with Gasteiger partial charge >= 0.3 is 0 Å². The maximum absolute atomic E-state index is 12.4. The Morgan fingerprint density at radius 2 is 1.96 bits per heavy atom. The van der Waals surface area contributed by atoms with E-state index in [0.717, 1.165) is 16.4 Å². The van der Waals surface area contributed by atoms with Crippen LogP contribution in [0.25, 0.3) is 0 Å². The van der Waals surface area contributed by atoms with E-state index >= 15 is 0 Å². The predicted octanol–water partition coefficient (Wildman–Crippen LogP) is 5.62. The van der Waals surface area contributed by atoms with Crippen molar-refractivity contribution >= 4 is 57.1 Å². The summed E-state index contributed by atoms with van der Waals surface area (Å²) >= 11 is 8.74. The molecular weight excluding hydrogens is 400 g/mol. The third-order valence-electron chi connectivity index (χ3n) is 3.76. The molecule has 27 heavy (non-hydrogen) atoms. The molecule has 0 aliphatic carbocycles.